The van der Waals surface area contributed by atoms with Crippen molar-refractivity contribution >= 4 is 40.5 Å². The lowest BCUT2D eigenvalue weighted by Crippen LogP contribution is -2.47. The number of imide groups is 1. The Hall–Kier alpha value is -2.09. The molecule has 2 aromatic rings. The van der Waals surface area contributed by atoms with Crippen molar-refractivity contribution in [2.24, 2.45) is 11.7 Å². The predicted molar refractivity (Wildman–Crippen MR) is 125 cm³/mol. The van der Waals surface area contributed by atoms with Gasteiger partial charge in [0.1, 0.15) is 0 Å². The van der Waals surface area contributed by atoms with Crippen LogP contribution in [0.4, 0.5) is 0 Å². The van der Waals surface area contributed by atoms with E-state index in [1.54, 1.807) is 11.8 Å². The van der Waals surface area contributed by atoms with Crippen LogP contribution in [-0.4, -0.2) is 34.5 Å². The van der Waals surface area contributed by atoms with E-state index < -0.39 is 23.8 Å². The lowest BCUT2D eigenvalue weighted by atomic mass is 10.00. The fourth-order valence-electron chi connectivity index (χ4n) is 2.72. The van der Waals surface area contributed by atoms with Crippen LogP contribution in [0.15, 0.2) is 54.6 Å². The van der Waals surface area contributed by atoms with Crippen LogP contribution in [0.25, 0.3) is 0 Å². The van der Waals surface area contributed by atoms with Crippen LogP contribution < -0.4 is 11.1 Å². The van der Waals surface area contributed by atoms with Gasteiger partial charge in [-0.3, -0.25) is 19.7 Å². The first-order chi connectivity index (χ1) is 14.3. The van der Waals surface area contributed by atoms with Crippen molar-refractivity contribution in [1.29, 1.82) is 0 Å². The number of hydrogen-bond acceptors (Lipinski definition) is 6. The lowest BCUT2D eigenvalue weighted by molar-refractivity contribution is -0.132. The Morgan fingerprint density at radius 3 is 2.23 bits per heavy atom. The molecule has 0 aromatic heterocycles. The summed E-state index contributed by atoms with van der Waals surface area (Å²) in [4.78, 5) is 36.4. The number of thioether (sulfide) groups is 2. The van der Waals surface area contributed by atoms with Crippen molar-refractivity contribution in [2.45, 2.75) is 32.1 Å². The summed E-state index contributed by atoms with van der Waals surface area (Å²) < 4.78 is 0. The fourth-order valence-corrected chi connectivity index (χ4v) is 4.38. The van der Waals surface area contributed by atoms with Gasteiger partial charge in [0.05, 0.1) is 12.0 Å². The Labute approximate surface area is 186 Å². The third kappa shape index (κ3) is 8.73. The second kappa shape index (κ2) is 12.6. The van der Waals surface area contributed by atoms with Gasteiger partial charge in [0, 0.05) is 24.2 Å². The normalized spacial score (nSPS) is 12.8. The summed E-state index contributed by atoms with van der Waals surface area (Å²) in [7, 11) is 0. The third-order valence-corrected chi connectivity index (χ3v) is 6.56. The van der Waals surface area contributed by atoms with Gasteiger partial charge in [0.15, 0.2) is 5.12 Å². The van der Waals surface area contributed by atoms with Gasteiger partial charge in [-0.2, -0.15) is 11.8 Å². The van der Waals surface area contributed by atoms with E-state index in [-0.39, 0.29) is 5.12 Å². The fraction of sp³-hybridized carbons (Fsp3) is 0.348. The summed E-state index contributed by atoms with van der Waals surface area (Å²) in [5, 5.41) is 2.38. The molecule has 160 valence electrons. The number of nitrogens with one attached hydrogen (secondary N) is 1. The second-order valence-electron chi connectivity index (χ2n) is 7.15. The van der Waals surface area contributed by atoms with Crippen molar-refractivity contribution in [2.75, 3.05) is 11.5 Å². The monoisotopic (exact) mass is 444 g/mol. The summed E-state index contributed by atoms with van der Waals surface area (Å²) in [6, 6.07) is 17.0. The zero-order chi connectivity index (χ0) is 21.9. The van der Waals surface area contributed by atoms with Gasteiger partial charge >= 0.3 is 0 Å². The Bertz CT molecular complexity index is 841. The predicted octanol–water partition coefficient (Wildman–Crippen LogP) is 3.34. The van der Waals surface area contributed by atoms with Crippen molar-refractivity contribution in [3.8, 4) is 0 Å². The summed E-state index contributed by atoms with van der Waals surface area (Å²) in [5.74, 6) is 0.122. The van der Waals surface area contributed by atoms with Gasteiger partial charge in [-0.15, -0.1) is 0 Å². The minimum atomic E-state index is -0.776. The molecule has 2 aromatic carbocycles. The van der Waals surface area contributed by atoms with Gasteiger partial charge in [0.25, 0.3) is 0 Å². The molecule has 3 N–H and O–H groups in total. The SMILES string of the molecule is CC(=O)SCC(Cc1ccccc1)C(=O)NC(=O)[C@@H](N)CSCc1ccc(C)cc1. The standard InChI is InChI=1S/C23H28N2O3S2/c1-16-8-10-19(11-9-16)13-29-15-21(24)23(28)25-22(27)20(14-30-17(2)26)12-18-6-4-3-5-7-18/h3-11,20-21H,12-15,24H2,1-2H3,(H,25,27,28)/t20?,21-/m0/s1. The molecule has 0 bridgehead atoms. The zero-order valence-electron chi connectivity index (χ0n) is 17.3. The van der Waals surface area contributed by atoms with E-state index in [1.165, 1.54) is 18.1 Å². The maximum atomic E-state index is 12.7. The minimum absolute atomic E-state index is 0.0589. The van der Waals surface area contributed by atoms with Crippen LogP contribution in [0.1, 0.15) is 23.6 Å². The van der Waals surface area contributed by atoms with Crippen molar-refractivity contribution in [3.05, 3.63) is 71.3 Å². The van der Waals surface area contributed by atoms with Crippen LogP contribution in [0.5, 0.6) is 0 Å². The van der Waals surface area contributed by atoms with Gasteiger partial charge in [0.2, 0.25) is 11.8 Å². The molecular formula is C23H28N2O3S2. The van der Waals surface area contributed by atoms with E-state index in [0.717, 1.165) is 23.1 Å². The van der Waals surface area contributed by atoms with Crippen molar-refractivity contribution in [1.82, 2.24) is 5.32 Å². The first-order valence-electron chi connectivity index (χ1n) is 9.76. The molecule has 7 heteroatoms. The molecule has 30 heavy (non-hydrogen) atoms. The molecule has 0 spiro atoms. The van der Waals surface area contributed by atoms with Crippen LogP contribution in [0.3, 0.4) is 0 Å². The number of rotatable bonds is 10. The molecule has 1 unspecified atom stereocenters. The average molecular weight is 445 g/mol. The first kappa shape index (κ1) is 24.2. The summed E-state index contributed by atoms with van der Waals surface area (Å²) >= 11 is 2.64. The number of carbonyl (C=O) groups is 3. The molecule has 0 radical (unpaired) electrons. The molecule has 0 heterocycles. The summed E-state index contributed by atoms with van der Waals surface area (Å²) in [6.07, 6.45) is 0.456. The van der Waals surface area contributed by atoms with E-state index in [1.807, 2.05) is 49.4 Å². The maximum absolute atomic E-state index is 12.7. The molecule has 2 atom stereocenters. The molecule has 0 saturated carbocycles. The molecule has 0 aliphatic carbocycles. The number of amides is 2. The molecule has 2 amide bonds. The van der Waals surface area contributed by atoms with Crippen LogP contribution in [0.2, 0.25) is 0 Å². The first-order valence-corrected chi connectivity index (χ1v) is 11.9. The number of benzene rings is 2. The molecule has 0 saturated heterocycles. The van der Waals surface area contributed by atoms with Crippen LogP contribution >= 0.6 is 23.5 Å². The van der Waals surface area contributed by atoms with Crippen molar-refractivity contribution < 1.29 is 14.4 Å². The molecule has 0 fully saturated rings. The number of aryl methyl sites for hydroxylation is 1. The topological polar surface area (TPSA) is 89.3 Å². The quantitative estimate of drug-likeness (QED) is 0.584. The Morgan fingerprint density at radius 2 is 1.60 bits per heavy atom. The minimum Gasteiger partial charge on any atom is -0.319 e. The van der Waals surface area contributed by atoms with E-state index in [9.17, 15) is 14.4 Å². The molecule has 0 aliphatic heterocycles. The molecule has 0 aliphatic rings. The number of nitrogens with two attached hydrogens (primary N) is 1. The summed E-state index contributed by atoms with van der Waals surface area (Å²) in [5.41, 5.74) is 9.33. The molecule has 5 nitrogen and oxygen atoms in total. The maximum Gasteiger partial charge on any atom is 0.244 e. The highest BCUT2D eigenvalue weighted by Gasteiger charge is 2.24. The van der Waals surface area contributed by atoms with E-state index in [4.69, 9.17) is 5.73 Å². The highest BCUT2D eigenvalue weighted by atomic mass is 32.2. The highest BCUT2D eigenvalue weighted by Crippen LogP contribution is 2.17. The Kier molecular flexibility index (Phi) is 10.1. The second-order valence-corrected chi connectivity index (χ2v) is 9.38. The third-order valence-electron chi connectivity index (χ3n) is 4.45. The van der Waals surface area contributed by atoms with Gasteiger partial charge < -0.3 is 5.73 Å². The zero-order valence-corrected chi connectivity index (χ0v) is 18.9. The largest absolute Gasteiger partial charge is 0.319 e. The van der Waals surface area contributed by atoms with E-state index >= 15 is 0 Å². The molecule has 2 rings (SSSR count). The van der Waals surface area contributed by atoms with Gasteiger partial charge in [-0.1, -0.05) is 71.9 Å². The lowest BCUT2D eigenvalue weighted by Gasteiger charge is -2.17. The van der Waals surface area contributed by atoms with Gasteiger partial charge in [-0.05, 0) is 24.5 Å². The van der Waals surface area contributed by atoms with E-state index in [2.05, 4.69) is 17.4 Å². The van der Waals surface area contributed by atoms with Crippen LogP contribution in [-0.2, 0) is 26.6 Å². The highest BCUT2D eigenvalue weighted by molar-refractivity contribution is 8.13. The van der Waals surface area contributed by atoms with E-state index in [0.29, 0.717) is 17.9 Å². The average Bonchev–Trinajstić information content (AvgIpc) is 2.72. The number of hydrogen-bond donors (Lipinski definition) is 2. The summed E-state index contributed by atoms with van der Waals surface area (Å²) in [6.45, 7) is 3.50. The van der Waals surface area contributed by atoms with Gasteiger partial charge in [-0.25, -0.2) is 0 Å². The molecular weight excluding hydrogens is 416 g/mol. The Morgan fingerprint density at radius 1 is 0.933 bits per heavy atom. The van der Waals surface area contributed by atoms with Crippen molar-refractivity contribution in [3.63, 3.8) is 0 Å². The van der Waals surface area contributed by atoms with Crippen LogP contribution in [0, 0.1) is 12.8 Å². The number of carbonyl (C=O) groups excluding carboxylic acids is 3. The Balaban J connectivity index is 1.86. The smallest absolute Gasteiger partial charge is 0.244 e.